The predicted octanol–water partition coefficient (Wildman–Crippen LogP) is 2.06. The lowest BCUT2D eigenvalue weighted by atomic mass is 10.2. The molecule has 0 saturated heterocycles. The molecule has 104 valence electrons. The number of hydrogen-bond donors (Lipinski definition) is 2. The van der Waals surface area contributed by atoms with E-state index in [9.17, 15) is 4.79 Å². The van der Waals surface area contributed by atoms with Crippen LogP contribution in [0.15, 0.2) is 50.8 Å². The van der Waals surface area contributed by atoms with E-state index in [1.165, 1.54) is 0 Å². The van der Waals surface area contributed by atoms with Gasteiger partial charge in [-0.1, -0.05) is 33.2 Å². The van der Waals surface area contributed by atoms with Crippen molar-refractivity contribution in [1.82, 2.24) is 4.57 Å². The topological polar surface area (TPSA) is 80.6 Å². The highest BCUT2D eigenvalue weighted by Crippen LogP contribution is 2.13. The molecule has 1 aromatic carbocycles. The number of oxime groups is 1. The van der Waals surface area contributed by atoms with Crippen LogP contribution in [0.1, 0.15) is 16.8 Å². The number of halogens is 1. The molecule has 2 rings (SSSR count). The van der Waals surface area contributed by atoms with Crippen LogP contribution in [0.4, 0.5) is 0 Å². The van der Waals surface area contributed by atoms with Crippen LogP contribution in [-0.2, 0) is 6.54 Å². The van der Waals surface area contributed by atoms with E-state index in [0.717, 1.165) is 15.7 Å². The van der Waals surface area contributed by atoms with E-state index in [-0.39, 0.29) is 17.0 Å². The molecule has 0 spiro atoms. The van der Waals surface area contributed by atoms with Crippen molar-refractivity contribution in [3.8, 4) is 0 Å². The summed E-state index contributed by atoms with van der Waals surface area (Å²) in [6.45, 7) is 2.27. The van der Waals surface area contributed by atoms with Crippen molar-refractivity contribution in [3.63, 3.8) is 0 Å². The second kappa shape index (κ2) is 5.92. The summed E-state index contributed by atoms with van der Waals surface area (Å²) in [5, 5.41) is 11.6. The zero-order chi connectivity index (χ0) is 14.7. The van der Waals surface area contributed by atoms with Gasteiger partial charge in [-0.15, -0.1) is 0 Å². The first-order chi connectivity index (χ1) is 9.52. The van der Waals surface area contributed by atoms with Crippen molar-refractivity contribution >= 4 is 21.8 Å². The minimum atomic E-state index is -0.278. The quantitative estimate of drug-likeness (QED) is 0.390. The van der Waals surface area contributed by atoms with E-state index in [1.54, 1.807) is 16.7 Å². The number of pyridine rings is 1. The SMILES string of the molecule is Cc1ccc(/C(N)=N/O)c(=O)n1Cc1cccc(Br)c1. The molecule has 0 fully saturated rings. The van der Waals surface area contributed by atoms with Crippen LogP contribution in [0, 0.1) is 6.92 Å². The molecule has 0 atom stereocenters. The highest BCUT2D eigenvalue weighted by molar-refractivity contribution is 9.10. The third-order valence-electron chi connectivity index (χ3n) is 3.01. The van der Waals surface area contributed by atoms with Gasteiger partial charge in [0.25, 0.3) is 5.56 Å². The maximum absolute atomic E-state index is 12.4. The molecule has 20 heavy (non-hydrogen) atoms. The smallest absolute Gasteiger partial charge is 0.262 e. The van der Waals surface area contributed by atoms with Gasteiger partial charge >= 0.3 is 0 Å². The molecule has 2 aromatic rings. The lowest BCUT2D eigenvalue weighted by Gasteiger charge is -2.12. The van der Waals surface area contributed by atoms with Crippen LogP contribution in [-0.4, -0.2) is 15.6 Å². The Hall–Kier alpha value is -2.08. The Labute approximate surface area is 124 Å². The van der Waals surface area contributed by atoms with E-state index in [4.69, 9.17) is 10.9 Å². The molecule has 0 aliphatic heterocycles. The van der Waals surface area contributed by atoms with E-state index in [2.05, 4.69) is 21.1 Å². The fraction of sp³-hybridized carbons (Fsp3) is 0.143. The molecular formula is C14H14BrN3O2. The van der Waals surface area contributed by atoms with Crippen molar-refractivity contribution in [1.29, 1.82) is 0 Å². The van der Waals surface area contributed by atoms with Crippen LogP contribution in [0.2, 0.25) is 0 Å². The number of amidine groups is 1. The van der Waals surface area contributed by atoms with Gasteiger partial charge in [0.2, 0.25) is 0 Å². The molecular weight excluding hydrogens is 322 g/mol. The second-order valence-electron chi connectivity index (χ2n) is 4.39. The Morgan fingerprint density at radius 1 is 1.40 bits per heavy atom. The van der Waals surface area contributed by atoms with Gasteiger partial charge in [0, 0.05) is 10.2 Å². The summed E-state index contributed by atoms with van der Waals surface area (Å²) in [6.07, 6.45) is 0. The lowest BCUT2D eigenvalue weighted by Crippen LogP contribution is -2.31. The molecule has 0 bridgehead atoms. The Bertz CT molecular complexity index is 723. The monoisotopic (exact) mass is 335 g/mol. The van der Waals surface area contributed by atoms with Gasteiger partial charge < -0.3 is 15.5 Å². The molecule has 0 aliphatic rings. The maximum Gasteiger partial charge on any atom is 0.262 e. The van der Waals surface area contributed by atoms with E-state index in [0.29, 0.717) is 6.54 Å². The zero-order valence-corrected chi connectivity index (χ0v) is 12.5. The molecule has 0 unspecified atom stereocenters. The first-order valence-corrected chi connectivity index (χ1v) is 6.75. The van der Waals surface area contributed by atoms with Crippen molar-refractivity contribution in [2.24, 2.45) is 10.9 Å². The number of aryl methyl sites for hydroxylation is 1. The minimum Gasteiger partial charge on any atom is -0.409 e. The Kier molecular flexibility index (Phi) is 4.24. The van der Waals surface area contributed by atoms with Gasteiger partial charge in [0.1, 0.15) is 0 Å². The van der Waals surface area contributed by atoms with Crippen molar-refractivity contribution in [2.45, 2.75) is 13.5 Å². The number of nitrogens with two attached hydrogens (primary N) is 1. The van der Waals surface area contributed by atoms with Gasteiger partial charge in [-0.25, -0.2) is 0 Å². The molecule has 0 radical (unpaired) electrons. The van der Waals surface area contributed by atoms with Gasteiger partial charge in [0.15, 0.2) is 5.84 Å². The molecule has 0 saturated carbocycles. The molecule has 5 nitrogen and oxygen atoms in total. The maximum atomic E-state index is 12.4. The second-order valence-corrected chi connectivity index (χ2v) is 5.31. The first kappa shape index (κ1) is 14.3. The van der Waals surface area contributed by atoms with Crippen molar-refractivity contribution in [2.75, 3.05) is 0 Å². The summed E-state index contributed by atoms with van der Waals surface area (Å²) in [5.74, 6) is -0.182. The van der Waals surface area contributed by atoms with Crippen molar-refractivity contribution < 1.29 is 5.21 Å². The van der Waals surface area contributed by atoms with Crippen LogP contribution < -0.4 is 11.3 Å². The van der Waals surface area contributed by atoms with Gasteiger partial charge in [0.05, 0.1) is 12.1 Å². The molecule has 3 N–H and O–H groups in total. The highest BCUT2D eigenvalue weighted by Gasteiger charge is 2.10. The average molecular weight is 336 g/mol. The summed E-state index contributed by atoms with van der Waals surface area (Å²) in [4.78, 5) is 12.4. The predicted molar refractivity (Wildman–Crippen MR) is 81.2 cm³/mol. The Morgan fingerprint density at radius 2 is 2.15 bits per heavy atom. The number of aromatic nitrogens is 1. The molecule has 0 amide bonds. The van der Waals surface area contributed by atoms with Crippen LogP contribution in [0.25, 0.3) is 0 Å². The Morgan fingerprint density at radius 3 is 2.80 bits per heavy atom. The molecule has 6 heteroatoms. The lowest BCUT2D eigenvalue weighted by molar-refractivity contribution is 0.318. The van der Waals surface area contributed by atoms with E-state index in [1.807, 2.05) is 31.2 Å². The number of benzene rings is 1. The molecule has 1 aromatic heterocycles. The van der Waals surface area contributed by atoms with Crippen molar-refractivity contribution in [3.05, 3.63) is 68.0 Å². The third-order valence-corrected chi connectivity index (χ3v) is 3.50. The summed E-state index contributed by atoms with van der Waals surface area (Å²) >= 11 is 3.40. The van der Waals surface area contributed by atoms with Gasteiger partial charge in [-0.05, 0) is 36.8 Å². The standard InChI is InChI=1S/C14H14BrN3O2/c1-9-5-6-12(13(16)17-20)14(19)18(9)8-10-3-2-4-11(15)7-10/h2-7,20H,8H2,1H3,(H2,16,17). The normalized spacial score (nSPS) is 11.6. The largest absolute Gasteiger partial charge is 0.409 e. The third kappa shape index (κ3) is 2.91. The molecule has 1 heterocycles. The van der Waals surface area contributed by atoms with E-state index >= 15 is 0 Å². The zero-order valence-electron chi connectivity index (χ0n) is 10.9. The number of nitrogens with zero attached hydrogens (tertiary/aromatic N) is 2. The number of hydrogen-bond acceptors (Lipinski definition) is 3. The van der Waals surface area contributed by atoms with Crippen LogP contribution >= 0.6 is 15.9 Å². The minimum absolute atomic E-state index is 0.182. The molecule has 0 aliphatic carbocycles. The van der Waals surface area contributed by atoms with Gasteiger partial charge in [-0.3, -0.25) is 4.79 Å². The summed E-state index contributed by atoms with van der Waals surface area (Å²) in [6, 6.07) is 11.0. The Balaban J connectivity index is 2.49. The van der Waals surface area contributed by atoms with Crippen LogP contribution in [0.3, 0.4) is 0 Å². The first-order valence-electron chi connectivity index (χ1n) is 5.95. The summed E-state index contributed by atoms with van der Waals surface area (Å²) in [5.41, 5.74) is 7.22. The van der Waals surface area contributed by atoms with E-state index < -0.39 is 0 Å². The fourth-order valence-electron chi connectivity index (χ4n) is 1.93. The summed E-state index contributed by atoms with van der Waals surface area (Å²) < 4.78 is 2.54. The fourth-order valence-corrected chi connectivity index (χ4v) is 2.38. The van der Waals surface area contributed by atoms with Gasteiger partial charge in [-0.2, -0.15) is 0 Å². The number of rotatable bonds is 3. The summed E-state index contributed by atoms with van der Waals surface area (Å²) in [7, 11) is 0. The van der Waals surface area contributed by atoms with Crippen LogP contribution in [0.5, 0.6) is 0 Å². The highest BCUT2D eigenvalue weighted by atomic mass is 79.9. The average Bonchev–Trinajstić information content (AvgIpc) is 2.43.